The van der Waals surface area contributed by atoms with Gasteiger partial charge in [-0.3, -0.25) is 0 Å². The molecule has 0 amide bonds. The molecule has 1 heterocycles. The van der Waals surface area contributed by atoms with Gasteiger partial charge in [-0.05, 0) is 37.1 Å². The van der Waals surface area contributed by atoms with Crippen LogP contribution in [0.1, 0.15) is 17.4 Å². The fourth-order valence-corrected chi connectivity index (χ4v) is 3.86. The molecule has 1 aromatic carbocycles. The summed E-state index contributed by atoms with van der Waals surface area (Å²) in [5.74, 6) is 0. The molecule has 0 aliphatic rings. The minimum Gasteiger partial charge on any atom is -0.227 e. The molecule has 0 radical (unpaired) electrons. The quantitative estimate of drug-likeness (QED) is 0.763. The molecule has 4 heteroatoms. The lowest BCUT2D eigenvalue weighted by molar-refractivity contribution is 1.19. The van der Waals surface area contributed by atoms with Crippen LogP contribution in [-0.2, 0) is 6.42 Å². The molecule has 0 aliphatic heterocycles. The Balaban J connectivity index is 2.42. The van der Waals surface area contributed by atoms with Gasteiger partial charge in [-0.1, -0.05) is 22.9 Å². The van der Waals surface area contributed by atoms with Crippen LogP contribution in [0.3, 0.4) is 0 Å². The van der Waals surface area contributed by atoms with E-state index in [1.54, 1.807) is 22.7 Å². The Morgan fingerprint density at radius 2 is 2.19 bits per heavy atom. The van der Waals surface area contributed by atoms with E-state index in [1.165, 1.54) is 10.4 Å². The monoisotopic (exact) mass is 313 g/mol. The van der Waals surface area contributed by atoms with E-state index in [0.29, 0.717) is 0 Å². The second-order valence-electron chi connectivity index (χ2n) is 3.47. The minimum absolute atomic E-state index is 1.06. The molecule has 16 heavy (non-hydrogen) atoms. The molecule has 0 saturated heterocycles. The lowest BCUT2D eigenvalue weighted by Gasteiger charge is -1.98. The van der Waals surface area contributed by atoms with Crippen molar-refractivity contribution in [1.29, 1.82) is 0 Å². The summed E-state index contributed by atoms with van der Waals surface area (Å²) in [5.41, 5.74) is 2.26. The maximum absolute atomic E-state index is 4.67. The van der Waals surface area contributed by atoms with Crippen LogP contribution < -0.4 is 3.98 Å². The van der Waals surface area contributed by atoms with Gasteiger partial charge in [0.2, 0.25) is 0 Å². The molecule has 84 valence electrons. The number of hydrogen-bond acceptors (Lipinski definition) is 3. The molecule has 0 spiro atoms. The molecular weight excluding hydrogens is 302 g/mol. The fraction of sp³-hybridized carbons (Fsp3) is 0.250. The lowest BCUT2D eigenvalue weighted by atomic mass is 10.2. The van der Waals surface area contributed by atoms with Crippen molar-refractivity contribution in [3.63, 3.8) is 0 Å². The van der Waals surface area contributed by atoms with E-state index in [9.17, 15) is 0 Å². The highest BCUT2D eigenvalue weighted by molar-refractivity contribution is 9.10. The SMILES string of the molecule is CCc1csc(=Nc2ccc(Br)cc2C)s1. The predicted octanol–water partition coefficient (Wildman–Crippen LogP) is 4.68. The van der Waals surface area contributed by atoms with Crippen LogP contribution in [-0.4, -0.2) is 0 Å². The Morgan fingerprint density at radius 1 is 1.38 bits per heavy atom. The molecule has 1 nitrogen and oxygen atoms in total. The van der Waals surface area contributed by atoms with Gasteiger partial charge in [0.15, 0.2) is 3.98 Å². The maximum atomic E-state index is 4.67. The van der Waals surface area contributed by atoms with Gasteiger partial charge in [0, 0.05) is 14.7 Å². The van der Waals surface area contributed by atoms with Gasteiger partial charge >= 0.3 is 0 Å². The highest BCUT2D eigenvalue weighted by atomic mass is 79.9. The van der Waals surface area contributed by atoms with Crippen LogP contribution in [0, 0.1) is 6.92 Å². The van der Waals surface area contributed by atoms with Crippen LogP contribution in [0.15, 0.2) is 33.0 Å². The van der Waals surface area contributed by atoms with Crippen molar-refractivity contribution in [2.45, 2.75) is 20.3 Å². The zero-order valence-electron chi connectivity index (χ0n) is 9.16. The van der Waals surface area contributed by atoms with Crippen molar-refractivity contribution in [3.05, 3.63) is 42.5 Å². The third kappa shape index (κ3) is 2.81. The first-order chi connectivity index (χ1) is 7.69. The van der Waals surface area contributed by atoms with Gasteiger partial charge < -0.3 is 0 Å². The van der Waals surface area contributed by atoms with E-state index < -0.39 is 0 Å². The first-order valence-electron chi connectivity index (χ1n) is 5.07. The average Bonchev–Trinajstić information content (AvgIpc) is 2.70. The van der Waals surface area contributed by atoms with Gasteiger partial charge in [-0.15, -0.1) is 22.7 Å². The fourth-order valence-electron chi connectivity index (χ4n) is 1.32. The van der Waals surface area contributed by atoms with E-state index in [0.717, 1.165) is 20.6 Å². The second-order valence-corrected chi connectivity index (χ2v) is 6.61. The summed E-state index contributed by atoms with van der Waals surface area (Å²) in [6.45, 7) is 4.26. The van der Waals surface area contributed by atoms with Gasteiger partial charge in [-0.25, -0.2) is 4.99 Å². The van der Waals surface area contributed by atoms with E-state index >= 15 is 0 Å². The van der Waals surface area contributed by atoms with E-state index in [4.69, 9.17) is 0 Å². The Morgan fingerprint density at radius 3 is 2.81 bits per heavy atom. The molecule has 2 rings (SSSR count). The van der Waals surface area contributed by atoms with Crippen molar-refractivity contribution >= 4 is 44.3 Å². The number of aryl methyl sites for hydroxylation is 2. The zero-order valence-corrected chi connectivity index (χ0v) is 12.4. The second kappa shape index (κ2) is 5.25. The smallest absolute Gasteiger partial charge is 0.171 e. The molecule has 0 aliphatic carbocycles. The Kier molecular flexibility index (Phi) is 3.95. The first-order valence-corrected chi connectivity index (χ1v) is 7.56. The van der Waals surface area contributed by atoms with E-state index in [2.05, 4.69) is 52.3 Å². The highest BCUT2D eigenvalue weighted by Crippen LogP contribution is 2.22. The van der Waals surface area contributed by atoms with Gasteiger partial charge in [-0.2, -0.15) is 0 Å². The number of rotatable bonds is 2. The summed E-state index contributed by atoms with van der Waals surface area (Å²) in [6.07, 6.45) is 1.09. The normalized spacial score (nSPS) is 12.1. The Hall–Kier alpha value is -0.450. The van der Waals surface area contributed by atoms with E-state index in [-0.39, 0.29) is 0 Å². The summed E-state index contributed by atoms with van der Waals surface area (Å²) in [4.78, 5) is 6.07. The summed E-state index contributed by atoms with van der Waals surface area (Å²) in [5, 5.41) is 2.19. The standard InChI is InChI=1S/C12H12BrNS2/c1-3-10-7-15-12(16-10)14-11-5-4-9(13)6-8(11)2/h4-7H,3H2,1-2H3. The lowest BCUT2D eigenvalue weighted by Crippen LogP contribution is -1.86. The van der Waals surface area contributed by atoms with Crippen LogP contribution in [0.2, 0.25) is 0 Å². The van der Waals surface area contributed by atoms with Crippen molar-refractivity contribution in [2.75, 3.05) is 0 Å². The van der Waals surface area contributed by atoms with Crippen LogP contribution in [0.4, 0.5) is 5.69 Å². The molecule has 1 aromatic heterocycles. The third-order valence-corrected chi connectivity index (χ3v) is 5.04. The molecular formula is C12H12BrNS2. The predicted molar refractivity (Wildman–Crippen MR) is 75.7 cm³/mol. The number of hydrogen-bond donors (Lipinski definition) is 0. The summed E-state index contributed by atoms with van der Waals surface area (Å²) in [7, 11) is 0. The topological polar surface area (TPSA) is 12.4 Å². The Bertz CT molecular complexity index is 554. The molecule has 0 N–H and O–H groups in total. The van der Waals surface area contributed by atoms with Crippen LogP contribution >= 0.6 is 38.6 Å². The summed E-state index contributed by atoms with van der Waals surface area (Å²) in [6, 6.07) is 6.18. The molecule has 0 bridgehead atoms. The Labute approximate surface area is 112 Å². The molecule has 0 atom stereocenters. The van der Waals surface area contributed by atoms with Crippen LogP contribution in [0.25, 0.3) is 0 Å². The maximum Gasteiger partial charge on any atom is 0.171 e. The van der Waals surface area contributed by atoms with E-state index in [1.807, 2.05) is 6.07 Å². The highest BCUT2D eigenvalue weighted by Gasteiger charge is 1.98. The largest absolute Gasteiger partial charge is 0.227 e. The van der Waals surface area contributed by atoms with Crippen molar-refractivity contribution in [1.82, 2.24) is 0 Å². The zero-order chi connectivity index (χ0) is 11.5. The van der Waals surface area contributed by atoms with Crippen LogP contribution in [0.5, 0.6) is 0 Å². The summed E-state index contributed by atoms with van der Waals surface area (Å²) < 4.78 is 2.23. The van der Waals surface area contributed by atoms with Gasteiger partial charge in [0.25, 0.3) is 0 Å². The minimum atomic E-state index is 1.06. The third-order valence-electron chi connectivity index (χ3n) is 2.23. The number of nitrogens with zero attached hydrogens (tertiary/aromatic N) is 1. The van der Waals surface area contributed by atoms with Crippen molar-refractivity contribution < 1.29 is 0 Å². The number of benzene rings is 1. The molecule has 0 fully saturated rings. The number of halogens is 1. The van der Waals surface area contributed by atoms with Gasteiger partial charge in [0.1, 0.15) is 0 Å². The first kappa shape index (κ1) is 12.0. The summed E-state index contributed by atoms with van der Waals surface area (Å²) >= 11 is 6.96. The average molecular weight is 314 g/mol. The van der Waals surface area contributed by atoms with Crippen molar-refractivity contribution in [2.24, 2.45) is 4.99 Å². The molecule has 2 aromatic rings. The van der Waals surface area contributed by atoms with Gasteiger partial charge in [0.05, 0.1) is 5.69 Å². The van der Waals surface area contributed by atoms with Crippen molar-refractivity contribution in [3.8, 4) is 0 Å². The molecule has 0 unspecified atom stereocenters. The molecule has 0 saturated carbocycles.